The highest BCUT2D eigenvalue weighted by Crippen LogP contribution is 2.32. The lowest BCUT2D eigenvalue weighted by Gasteiger charge is -2.13. The summed E-state index contributed by atoms with van der Waals surface area (Å²) in [4.78, 5) is 9.45. The van der Waals surface area contributed by atoms with Crippen molar-refractivity contribution in [2.75, 3.05) is 0 Å². The molecule has 1 atom stereocenters. The van der Waals surface area contributed by atoms with E-state index in [1.165, 1.54) is 0 Å². The molecule has 23 heavy (non-hydrogen) atoms. The number of halogens is 1. The molecule has 0 radical (unpaired) electrons. The molecule has 0 amide bonds. The Morgan fingerprint density at radius 1 is 1.09 bits per heavy atom. The molecule has 0 N–H and O–H groups in total. The largest absolute Gasteiger partial charge is 0.298 e. The van der Waals surface area contributed by atoms with Crippen molar-refractivity contribution in [1.82, 2.24) is 9.55 Å². The normalized spacial score (nSPS) is 16.3. The van der Waals surface area contributed by atoms with Crippen LogP contribution in [0.5, 0.6) is 0 Å². The molecule has 2 heterocycles. The van der Waals surface area contributed by atoms with Gasteiger partial charge in [0.05, 0.1) is 29.3 Å². The summed E-state index contributed by atoms with van der Waals surface area (Å²) in [5, 5.41) is 0.709. The van der Waals surface area contributed by atoms with E-state index < -0.39 is 0 Å². The Bertz CT molecular complexity index is 910. The number of aryl methyl sites for hydroxylation is 1. The SMILES string of the molecule is Cc1ncc2n1-c1ccc(Cl)cc1C(c1ccccc1)=NC2C. The van der Waals surface area contributed by atoms with Crippen LogP contribution in [0.1, 0.15) is 35.6 Å². The summed E-state index contributed by atoms with van der Waals surface area (Å²) < 4.78 is 2.18. The minimum Gasteiger partial charge on any atom is -0.298 e. The molecule has 0 saturated carbocycles. The molecule has 2 aromatic carbocycles. The van der Waals surface area contributed by atoms with Crippen molar-refractivity contribution in [3.8, 4) is 5.69 Å². The zero-order valence-corrected chi connectivity index (χ0v) is 13.7. The molecule has 4 heteroatoms. The minimum absolute atomic E-state index is 0.0255. The first kappa shape index (κ1) is 14.2. The van der Waals surface area contributed by atoms with Crippen LogP contribution in [0, 0.1) is 6.92 Å². The maximum absolute atomic E-state index is 6.28. The molecule has 114 valence electrons. The number of nitrogens with zero attached hydrogens (tertiary/aromatic N) is 3. The summed E-state index contributed by atoms with van der Waals surface area (Å²) in [5.74, 6) is 0.958. The Morgan fingerprint density at radius 3 is 2.65 bits per heavy atom. The summed E-state index contributed by atoms with van der Waals surface area (Å²) in [6, 6.07) is 16.2. The molecule has 1 aromatic heterocycles. The number of aliphatic imine (C=N–C) groups is 1. The second-order valence-electron chi connectivity index (χ2n) is 5.75. The summed E-state index contributed by atoms with van der Waals surface area (Å²) in [6.45, 7) is 4.12. The Morgan fingerprint density at radius 2 is 1.87 bits per heavy atom. The van der Waals surface area contributed by atoms with Gasteiger partial charge in [-0.05, 0) is 32.0 Å². The fourth-order valence-corrected chi connectivity index (χ4v) is 3.29. The van der Waals surface area contributed by atoms with Crippen molar-refractivity contribution in [2.24, 2.45) is 4.99 Å². The van der Waals surface area contributed by atoms with Gasteiger partial charge >= 0.3 is 0 Å². The van der Waals surface area contributed by atoms with E-state index in [0.717, 1.165) is 34.0 Å². The summed E-state index contributed by atoms with van der Waals surface area (Å²) in [6.07, 6.45) is 1.91. The van der Waals surface area contributed by atoms with Gasteiger partial charge in [0.25, 0.3) is 0 Å². The van der Waals surface area contributed by atoms with Crippen LogP contribution in [0.15, 0.2) is 59.7 Å². The average Bonchev–Trinajstić information content (AvgIpc) is 2.89. The third-order valence-electron chi connectivity index (χ3n) is 4.22. The van der Waals surface area contributed by atoms with E-state index >= 15 is 0 Å². The van der Waals surface area contributed by atoms with Crippen LogP contribution < -0.4 is 0 Å². The van der Waals surface area contributed by atoms with Gasteiger partial charge in [0.15, 0.2) is 0 Å². The van der Waals surface area contributed by atoms with Crippen LogP contribution in [0.2, 0.25) is 5.02 Å². The van der Waals surface area contributed by atoms with Crippen LogP contribution in [0.3, 0.4) is 0 Å². The molecule has 0 spiro atoms. The van der Waals surface area contributed by atoms with Crippen LogP contribution in [0.25, 0.3) is 5.69 Å². The van der Waals surface area contributed by atoms with Gasteiger partial charge in [-0.15, -0.1) is 0 Å². The van der Waals surface area contributed by atoms with E-state index in [4.69, 9.17) is 16.6 Å². The van der Waals surface area contributed by atoms with E-state index in [9.17, 15) is 0 Å². The fourth-order valence-electron chi connectivity index (χ4n) is 3.12. The topological polar surface area (TPSA) is 30.2 Å². The maximum atomic E-state index is 6.28. The molecular formula is C19H16ClN3. The van der Waals surface area contributed by atoms with Gasteiger partial charge in [0, 0.05) is 16.1 Å². The van der Waals surface area contributed by atoms with Gasteiger partial charge < -0.3 is 0 Å². The van der Waals surface area contributed by atoms with E-state index in [2.05, 4.69) is 28.6 Å². The molecular weight excluding hydrogens is 306 g/mol. The lowest BCUT2D eigenvalue weighted by Crippen LogP contribution is -2.08. The van der Waals surface area contributed by atoms with Crippen molar-refractivity contribution in [3.63, 3.8) is 0 Å². The zero-order chi connectivity index (χ0) is 16.0. The molecule has 0 saturated heterocycles. The number of fused-ring (bicyclic) bond motifs is 3. The Labute approximate surface area is 140 Å². The summed E-state index contributed by atoms with van der Waals surface area (Å²) >= 11 is 6.28. The van der Waals surface area contributed by atoms with E-state index in [1.54, 1.807) is 0 Å². The fraction of sp³-hybridized carbons (Fsp3) is 0.158. The molecule has 4 rings (SSSR count). The smallest absolute Gasteiger partial charge is 0.110 e. The molecule has 3 nitrogen and oxygen atoms in total. The Hall–Kier alpha value is -2.39. The summed E-state index contributed by atoms with van der Waals surface area (Å²) in [5.41, 5.74) is 5.27. The first-order chi connectivity index (χ1) is 11.1. The second kappa shape index (κ2) is 5.36. The number of imidazole rings is 1. The van der Waals surface area contributed by atoms with Crippen molar-refractivity contribution < 1.29 is 0 Å². The molecule has 1 aliphatic rings. The number of benzene rings is 2. The standard InChI is InChI=1S/C19H16ClN3/c1-12-18-11-21-13(2)23(18)17-9-8-15(20)10-16(17)19(22-12)14-6-4-3-5-7-14/h3-12H,1-2H3. The van der Waals surface area contributed by atoms with Gasteiger partial charge in [-0.25, -0.2) is 4.98 Å². The molecule has 3 aromatic rings. The highest BCUT2D eigenvalue weighted by atomic mass is 35.5. The number of rotatable bonds is 1. The first-order valence-corrected chi connectivity index (χ1v) is 8.00. The van der Waals surface area contributed by atoms with E-state index in [1.807, 2.05) is 49.5 Å². The van der Waals surface area contributed by atoms with Crippen molar-refractivity contribution in [1.29, 1.82) is 0 Å². The van der Waals surface area contributed by atoms with Crippen LogP contribution in [-0.4, -0.2) is 15.3 Å². The lowest BCUT2D eigenvalue weighted by molar-refractivity contribution is 0.755. The third-order valence-corrected chi connectivity index (χ3v) is 4.45. The van der Waals surface area contributed by atoms with Crippen molar-refractivity contribution in [3.05, 3.63) is 82.4 Å². The quantitative estimate of drug-likeness (QED) is 0.636. The van der Waals surface area contributed by atoms with Crippen molar-refractivity contribution in [2.45, 2.75) is 19.9 Å². The lowest BCUT2D eigenvalue weighted by atomic mass is 10.0. The summed E-state index contributed by atoms with van der Waals surface area (Å²) in [7, 11) is 0. The Balaban J connectivity index is 2.06. The predicted octanol–water partition coefficient (Wildman–Crippen LogP) is 4.75. The first-order valence-electron chi connectivity index (χ1n) is 7.63. The second-order valence-corrected chi connectivity index (χ2v) is 6.18. The third kappa shape index (κ3) is 2.28. The maximum Gasteiger partial charge on any atom is 0.110 e. The highest BCUT2D eigenvalue weighted by molar-refractivity contribution is 6.31. The number of aromatic nitrogens is 2. The van der Waals surface area contributed by atoms with Crippen molar-refractivity contribution >= 4 is 17.3 Å². The number of hydrogen-bond acceptors (Lipinski definition) is 2. The monoisotopic (exact) mass is 321 g/mol. The highest BCUT2D eigenvalue weighted by Gasteiger charge is 2.24. The van der Waals surface area contributed by atoms with Gasteiger partial charge in [-0.3, -0.25) is 9.56 Å². The molecule has 1 aliphatic heterocycles. The van der Waals surface area contributed by atoms with Gasteiger partial charge in [0.2, 0.25) is 0 Å². The van der Waals surface area contributed by atoms with Crippen LogP contribution in [-0.2, 0) is 0 Å². The van der Waals surface area contributed by atoms with Gasteiger partial charge in [-0.1, -0.05) is 41.9 Å². The van der Waals surface area contributed by atoms with Crippen LogP contribution in [0.4, 0.5) is 0 Å². The van der Waals surface area contributed by atoms with E-state index in [-0.39, 0.29) is 6.04 Å². The molecule has 1 unspecified atom stereocenters. The van der Waals surface area contributed by atoms with Gasteiger partial charge in [-0.2, -0.15) is 0 Å². The predicted molar refractivity (Wildman–Crippen MR) is 93.8 cm³/mol. The van der Waals surface area contributed by atoms with Crippen LogP contribution >= 0.6 is 11.6 Å². The van der Waals surface area contributed by atoms with E-state index in [0.29, 0.717) is 5.02 Å². The van der Waals surface area contributed by atoms with Gasteiger partial charge in [0.1, 0.15) is 5.82 Å². The molecule has 0 aliphatic carbocycles. The zero-order valence-electron chi connectivity index (χ0n) is 13.0. The number of hydrogen-bond donors (Lipinski definition) is 0. The Kier molecular flexibility index (Phi) is 3.31. The minimum atomic E-state index is 0.0255. The average molecular weight is 322 g/mol. The molecule has 0 fully saturated rings. The molecule has 0 bridgehead atoms.